The average Bonchev–Trinajstić information content (AvgIpc) is 2.76. The van der Waals surface area contributed by atoms with Crippen LogP contribution in [-0.4, -0.2) is 12.6 Å². The van der Waals surface area contributed by atoms with Crippen molar-refractivity contribution in [3.05, 3.63) is 0 Å². The summed E-state index contributed by atoms with van der Waals surface area (Å²) in [7, 11) is 0. The summed E-state index contributed by atoms with van der Waals surface area (Å²) in [6.45, 7) is 8.26. The standard InChI is InChI=1S/C15H31N/c1-4-7-9-13(6-3)15-14(10-8-5-2)11-12-16-15/h13-16H,4-12H2,1-3H3. The van der Waals surface area contributed by atoms with E-state index in [2.05, 4.69) is 26.1 Å². The van der Waals surface area contributed by atoms with Gasteiger partial charge in [-0.25, -0.2) is 0 Å². The smallest absolute Gasteiger partial charge is 0.0124 e. The van der Waals surface area contributed by atoms with Crippen LogP contribution >= 0.6 is 0 Å². The van der Waals surface area contributed by atoms with Crippen molar-refractivity contribution >= 4 is 0 Å². The quantitative estimate of drug-likeness (QED) is 0.647. The largest absolute Gasteiger partial charge is 0.313 e. The molecule has 1 fully saturated rings. The lowest BCUT2D eigenvalue weighted by Crippen LogP contribution is -2.35. The maximum absolute atomic E-state index is 3.78. The Morgan fingerprint density at radius 1 is 1.12 bits per heavy atom. The molecule has 1 rings (SSSR count). The normalized spacial score (nSPS) is 27.2. The van der Waals surface area contributed by atoms with Crippen LogP contribution in [0.25, 0.3) is 0 Å². The van der Waals surface area contributed by atoms with E-state index in [1.54, 1.807) is 0 Å². The molecule has 16 heavy (non-hydrogen) atoms. The van der Waals surface area contributed by atoms with Crippen molar-refractivity contribution in [2.24, 2.45) is 11.8 Å². The van der Waals surface area contributed by atoms with Gasteiger partial charge in [0.2, 0.25) is 0 Å². The topological polar surface area (TPSA) is 12.0 Å². The van der Waals surface area contributed by atoms with Crippen LogP contribution in [0.2, 0.25) is 0 Å². The van der Waals surface area contributed by atoms with Gasteiger partial charge in [0.1, 0.15) is 0 Å². The molecule has 0 aliphatic carbocycles. The first-order valence-electron chi connectivity index (χ1n) is 7.56. The molecule has 1 aliphatic rings. The molecule has 1 heteroatoms. The molecule has 1 nitrogen and oxygen atoms in total. The van der Waals surface area contributed by atoms with Gasteiger partial charge in [-0.2, -0.15) is 0 Å². The van der Waals surface area contributed by atoms with Crippen LogP contribution in [0, 0.1) is 11.8 Å². The molecule has 0 saturated carbocycles. The SMILES string of the molecule is CCCCC(CC)C1NCCC1CCCC. The zero-order chi connectivity index (χ0) is 11.8. The van der Waals surface area contributed by atoms with Crippen LogP contribution in [0.5, 0.6) is 0 Å². The van der Waals surface area contributed by atoms with Gasteiger partial charge in [-0.05, 0) is 37.6 Å². The first-order chi connectivity index (χ1) is 7.83. The van der Waals surface area contributed by atoms with E-state index in [1.807, 2.05) is 0 Å². The third-order valence-corrected chi connectivity index (χ3v) is 4.29. The van der Waals surface area contributed by atoms with E-state index < -0.39 is 0 Å². The van der Waals surface area contributed by atoms with E-state index in [4.69, 9.17) is 0 Å². The van der Waals surface area contributed by atoms with E-state index in [0.717, 1.165) is 17.9 Å². The first-order valence-corrected chi connectivity index (χ1v) is 7.56. The third kappa shape index (κ3) is 4.08. The average molecular weight is 225 g/mol. The lowest BCUT2D eigenvalue weighted by atomic mass is 9.82. The van der Waals surface area contributed by atoms with Crippen molar-refractivity contribution in [2.45, 2.75) is 78.2 Å². The van der Waals surface area contributed by atoms with Crippen LogP contribution in [-0.2, 0) is 0 Å². The monoisotopic (exact) mass is 225 g/mol. The van der Waals surface area contributed by atoms with Gasteiger partial charge < -0.3 is 5.32 Å². The summed E-state index contributed by atoms with van der Waals surface area (Å²) < 4.78 is 0. The summed E-state index contributed by atoms with van der Waals surface area (Å²) >= 11 is 0. The molecule has 0 radical (unpaired) electrons. The highest BCUT2D eigenvalue weighted by atomic mass is 15.0. The number of nitrogens with one attached hydrogen (secondary N) is 1. The molecule has 0 amide bonds. The van der Waals surface area contributed by atoms with Crippen LogP contribution in [0.1, 0.15) is 72.1 Å². The number of hydrogen-bond donors (Lipinski definition) is 1. The van der Waals surface area contributed by atoms with E-state index in [1.165, 1.54) is 57.9 Å². The Morgan fingerprint density at radius 3 is 2.50 bits per heavy atom. The minimum Gasteiger partial charge on any atom is -0.313 e. The van der Waals surface area contributed by atoms with Crippen molar-refractivity contribution < 1.29 is 0 Å². The maximum Gasteiger partial charge on any atom is 0.0124 e. The molecule has 1 aliphatic heterocycles. The van der Waals surface area contributed by atoms with Crippen LogP contribution in [0.4, 0.5) is 0 Å². The molecular weight excluding hydrogens is 194 g/mol. The first kappa shape index (κ1) is 14.0. The number of unbranched alkanes of at least 4 members (excludes halogenated alkanes) is 2. The summed E-state index contributed by atoms with van der Waals surface area (Å²) in [6, 6.07) is 0.836. The Bertz CT molecular complexity index is 167. The molecule has 0 aromatic carbocycles. The van der Waals surface area contributed by atoms with E-state index in [0.29, 0.717) is 0 Å². The highest BCUT2D eigenvalue weighted by molar-refractivity contribution is 4.88. The molecule has 0 spiro atoms. The summed E-state index contributed by atoms with van der Waals surface area (Å²) in [5.41, 5.74) is 0. The molecule has 0 aromatic rings. The molecule has 0 bridgehead atoms. The van der Waals surface area contributed by atoms with E-state index >= 15 is 0 Å². The third-order valence-electron chi connectivity index (χ3n) is 4.29. The van der Waals surface area contributed by atoms with Crippen molar-refractivity contribution in [3.8, 4) is 0 Å². The van der Waals surface area contributed by atoms with Gasteiger partial charge >= 0.3 is 0 Å². The Hall–Kier alpha value is -0.0400. The van der Waals surface area contributed by atoms with Crippen LogP contribution in [0.3, 0.4) is 0 Å². The van der Waals surface area contributed by atoms with Gasteiger partial charge in [0.15, 0.2) is 0 Å². The predicted octanol–water partition coefficient (Wildman–Crippen LogP) is 4.37. The molecule has 1 saturated heterocycles. The molecule has 3 unspecified atom stereocenters. The van der Waals surface area contributed by atoms with Crippen molar-refractivity contribution in [1.82, 2.24) is 5.32 Å². The van der Waals surface area contributed by atoms with Gasteiger partial charge in [-0.3, -0.25) is 0 Å². The zero-order valence-corrected chi connectivity index (χ0v) is 11.6. The Kier molecular flexibility index (Phi) is 7.11. The van der Waals surface area contributed by atoms with Gasteiger partial charge in [-0.15, -0.1) is 0 Å². The summed E-state index contributed by atoms with van der Waals surface area (Å²) in [4.78, 5) is 0. The summed E-state index contributed by atoms with van der Waals surface area (Å²) in [6.07, 6.45) is 11.2. The van der Waals surface area contributed by atoms with Gasteiger partial charge in [0, 0.05) is 6.04 Å². The molecule has 3 atom stereocenters. The highest BCUT2D eigenvalue weighted by Gasteiger charge is 2.31. The Balaban J connectivity index is 2.40. The van der Waals surface area contributed by atoms with E-state index in [-0.39, 0.29) is 0 Å². The fourth-order valence-corrected chi connectivity index (χ4v) is 3.23. The second kappa shape index (κ2) is 8.11. The highest BCUT2D eigenvalue weighted by Crippen LogP contribution is 2.30. The predicted molar refractivity (Wildman–Crippen MR) is 72.7 cm³/mol. The Morgan fingerprint density at radius 2 is 1.88 bits per heavy atom. The lowest BCUT2D eigenvalue weighted by molar-refractivity contribution is 0.273. The minimum absolute atomic E-state index is 0.836. The second-order valence-corrected chi connectivity index (χ2v) is 5.48. The van der Waals surface area contributed by atoms with Gasteiger partial charge in [0.05, 0.1) is 0 Å². The lowest BCUT2D eigenvalue weighted by Gasteiger charge is -2.28. The van der Waals surface area contributed by atoms with Crippen molar-refractivity contribution in [1.29, 1.82) is 0 Å². The fourth-order valence-electron chi connectivity index (χ4n) is 3.23. The second-order valence-electron chi connectivity index (χ2n) is 5.48. The maximum atomic E-state index is 3.78. The summed E-state index contributed by atoms with van der Waals surface area (Å²) in [5.74, 6) is 1.91. The minimum atomic E-state index is 0.836. The van der Waals surface area contributed by atoms with Crippen LogP contribution < -0.4 is 5.32 Å². The molecule has 96 valence electrons. The van der Waals surface area contributed by atoms with Crippen LogP contribution in [0.15, 0.2) is 0 Å². The molecule has 1 heterocycles. The molecular formula is C15H31N. The zero-order valence-electron chi connectivity index (χ0n) is 11.6. The Labute approximate surface area is 102 Å². The van der Waals surface area contributed by atoms with Gasteiger partial charge in [-0.1, -0.05) is 52.9 Å². The van der Waals surface area contributed by atoms with Crippen molar-refractivity contribution in [3.63, 3.8) is 0 Å². The van der Waals surface area contributed by atoms with Gasteiger partial charge in [0.25, 0.3) is 0 Å². The summed E-state index contributed by atoms with van der Waals surface area (Å²) in [5, 5.41) is 3.78. The molecule has 1 N–H and O–H groups in total. The number of hydrogen-bond acceptors (Lipinski definition) is 1. The van der Waals surface area contributed by atoms with Crippen molar-refractivity contribution in [2.75, 3.05) is 6.54 Å². The molecule has 0 aromatic heterocycles. The van der Waals surface area contributed by atoms with E-state index in [9.17, 15) is 0 Å². The fraction of sp³-hybridized carbons (Fsp3) is 1.00. The number of rotatable bonds is 8.